The molecule has 23 heavy (non-hydrogen) atoms. The van der Waals surface area contributed by atoms with Crippen molar-refractivity contribution < 1.29 is 0 Å². The van der Waals surface area contributed by atoms with Crippen LogP contribution in [0.15, 0.2) is 60.8 Å². The third kappa shape index (κ3) is 2.42. The first-order chi connectivity index (χ1) is 11.2. The fourth-order valence-corrected chi connectivity index (χ4v) is 2.85. The smallest absolute Gasteiger partial charge is 0.113 e. The molecule has 4 rings (SSSR count). The fraction of sp³-hybridized carbons (Fsp3) is 0.158. The molecular weight excluding hydrogens is 284 g/mol. The van der Waals surface area contributed by atoms with Gasteiger partial charge in [-0.25, -0.2) is 4.68 Å². The third-order valence-corrected chi connectivity index (χ3v) is 4.06. The van der Waals surface area contributed by atoms with Crippen LogP contribution in [0.25, 0.3) is 33.4 Å². The van der Waals surface area contributed by atoms with Crippen LogP contribution in [0.5, 0.6) is 0 Å². The number of nitrogens with zero attached hydrogens (tertiary/aromatic N) is 3. The minimum Gasteiger partial charge on any atom is -0.361 e. The number of nitrogens with one attached hydrogen (secondary N) is 1. The van der Waals surface area contributed by atoms with Crippen LogP contribution in [0.1, 0.15) is 19.9 Å². The maximum atomic E-state index is 4.29. The van der Waals surface area contributed by atoms with Gasteiger partial charge in [0.15, 0.2) is 0 Å². The highest BCUT2D eigenvalue weighted by Gasteiger charge is 2.10. The molecule has 2 aromatic carbocycles. The summed E-state index contributed by atoms with van der Waals surface area (Å²) < 4.78 is 1.95. The lowest BCUT2D eigenvalue weighted by atomic mass is 10.1. The van der Waals surface area contributed by atoms with Crippen molar-refractivity contribution in [2.24, 2.45) is 0 Å². The van der Waals surface area contributed by atoms with Crippen molar-refractivity contribution in [2.75, 3.05) is 0 Å². The lowest BCUT2D eigenvalue weighted by Gasteiger charge is -2.05. The Morgan fingerprint density at radius 2 is 1.74 bits per heavy atom. The second kappa shape index (κ2) is 5.39. The maximum absolute atomic E-state index is 4.29. The summed E-state index contributed by atoms with van der Waals surface area (Å²) in [4.78, 5) is 3.35. The van der Waals surface area contributed by atoms with E-state index in [0.717, 1.165) is 27.9 Å². The Bertz CT molecular complexity index is 948. The molecule has 4 nitrogen and oxygen atoms in total. The number of aromatic amines is 1. The first-order valence-corrected chi connectivity index (χ1v) is 7.81. The van der Waals surface area contributed by atoms with Crippen LogP contribution in [0.4, 0.5) is 0 Å². The molecule has 0 aliphatic rings. The van der Waals surface area contributed by atoms with Gasteiger partial charge in [0.1, 0.15) is 5.52 Å². The monoisotopic (exact) mass is 302 g/mol. The van der Waals surface area contributed by atoms with E-state index < -0.39 is 0 Å². The summed E-state index contributed by atoms with van der Waals surface area (Å²) in [6, 6.07) is 19.1. The van der Waals surface area contributed by atoms with E-state index in [-0.39, 0.29) is 0 Å². The van der Waals surface area contributed by atoms with Crippen molar-refractivity contribution >= 4 is 11.0 Å². The van der Waals surface area contributed by atoms with Crippen molar-refractivity contribution in [3.05, 3.63) is 60.8 Å². The van der Waals surface area contributed by atoms with Gasteiger partial charge < -0.3 is 4.98 Å². The Balaban J connectivity index is 1.74. The molecule has 0 bridgehead atoms. The zero-order valence-electron chi connectivity index (χ0n) is 13.2. The van der Waals surface area contributed by atoms with Crippen molar-refractivity contribution in [1.29, 1.82) is 0 Å². The second-order valence-corrected chi connectivity index (χ2v) is 6.00. The minimum atomic E-state index is 0.308. The van der Waals surface area contributed by atoms with E-state index in [9.17, 15) is 0 Å². The van der Waals surface area contributed by atoms with Crippen LogP contribution in [-0.2, 0) is 0 Å². The summed E-state index contributed by atoms with van der Waals surface area (Å²) in [7, 11) is 0. The van der Waals surface area contributed by atoms with Gasteiger partial charge in [-0.15, -0.1) is 5.10 Å². The number of hydrogen-bond donors (Lipinski definition) is 1. The van der Waals surface area contributed by atoms with Crippen LogP contribution in [-0.4, -0.2) is 20.0 Å². The summed E-state index contributed by atoms with van der Waals surface area (Å²) in [6.45, 7) is 4.22. The van der Waals surface area contributed by atoms with Crippen LogP contribution in [0.3, 0.4) is 0 Å². The van der Waals surface area contributed by atoms with E-state index in [1.54, 1.807) is 0 Å². The number of benzene rings is 2. The van der Waals surface area contributed by atoms with Crippen molar-refractivity contribution in [1.82, 2.24) is 20.0 Å². The number of fused-ring (bicyclic) bond motifs is 1. The Hall–Kier alpha value is -2.88. The molecule has 2 heterocycles. The predicted molar refractivity (Wildman–Crippen MR) is 93.1 cm³/mol. The number of hydrogen-bond acceptors (Lipinski definition) is 2. The van der Waals surface area contributed by atoms with E-state index in [1.807, 2.05) is 29.1 Å². The number of rotatable bonds is 3. The summed E-state index contributed by atoms with van der Waals surface area (Å²) >= 11 is 0. The summed E-state index contributed by atoms with van der Waals surface area (Å²) in [5, 5.41) is 8.54. The first-order valence-electron chi connectivity index (χ1n) is 7.81. The van der Waals surface area contributed by atoms with E-state index in [0.29, 0.717) is 6.04 Å². The molecule has 0 saturated heterocycles. The topological polar surface area (TPSA) is 46.5 Å². The molecule has 0 spiro atoms. The standard InChI is InChI=1S/C19H18N4/c1-13(2)23-19-9-8-15(10-18(19)21-22-23)16-11-17(20-12-16)14-6-4-3-5-7-14/h3-13,20H,1-2H3. The molecule has 114 valence electrons. The quantitative estimate of drug-likeness (QED) is 0.597. The average Bonchev–Trinajstić information content (AvgIpc) is 3.22. The van der Waals surface area contributed by atoms with Gasteiger partial charge in [0.2, 0.25) is 0 Å². The number of H-pyrrole nitrogens is 1. The van der Waals surface area contributed by atoms with E-state index in [1.165, 1.54) is 5.56 Å². The molecule has 0 fully saturated rings. The molecule has 0 aliphatic heterocycles. The molecule has 0 aliphatic carbocycles. The average molecular weight is 302 g/mol. The van der Waals surface area contributed by atoms with E-state index in [4.69, 9.17) is 0 Å². The van der Waals surface area contributed by atoms with Crippen LogP contribution in [0, 0.1) is 0 Å². The third-order valence-electron chi connectivity index (χ3n) is 4.06. The molecule has 4 heteroatoms. The predicted octanol–water partition coefficient (Wildman–Crippen LogP) is 4.67. The normalized spacial score (nSPS) is 11.4. The minimum absolute atomic E-state index is 0.308. The molecule has 2 aromatic heterocycles. The molecule has 0 radical (unpaired) electrons. The number of aromatic nitrogens is 4. The Morgan fingerprint density at radius 1 is 0.913 bits per heavy atom. The Labute approximate surface area is 134 Å². The van der Waals surface area contributed by atoms with Gasteiger partial charge in [-0.3, -0.25) is 0 Å². The summed E-state index contributed by atoms with van der Waals surface area (Å²) in [5.74, 6) is 0. The highest BCUT2D eigenvalue weighted by molar-refractivity contribution is 5.82. The van der Waals surface area contributed by atoms with Gasteiger partial charge >= 0.3 is 0 Å². The zero-order valence-corrected chi connectivity index (χ0v) is 13.2. The molecule has 0 unspecified atom stereocenters. The summed E-state index contributed by atoms with van der Waals surface area (Å²) in [5.41, 5.74) is 6.61. The molecule has 1 N–H and O–H groups in total. The Morgan fingerprint density at radius 3 is 2.52 bits per heavy atom. The molecule has 4 aromatic rings. The van der Waals surface area contributed by atoms with Gasteiger partial charge in [-0.1, -0.05) is 41.6 Å². The first kappa shape index (κ1) is 13.8. The molecule has 0 saturated carbocycles. The van der Waals surface area contributed by atoms with Crippen LogP contribution < -0.4 is 0 Å². The lowest BCUT2D eigenvalue weighted by molar-refractivity contribution is 0.530. The fourth-order valence-electron chi connectivity index (χ4n) is 2.85. The summed E-state index contributed by atoms with van der Waals surface area (Å²) in [6.07, 6.45) is 2.04. The van der Waals surface area contributed by atoms with Crippen molar-refractivity contribution in [3.63, 3.8) is 0 Å². The Kier molecular flexibility index (Phi) is 3.23. The van der Waals surface area contributed by atoms with E-state index >= 15 is 0 Å². The zero-order chi connectivity index (χ0) is 15.8. The SMILES string of the molecule is CC(C)n1nnc2cc(-c3c[nH]c(-c4ccccc4)c3)ccc21. The highest BCUT2D eigenvalue weighted by Crippen LogP contribution is 2.28. The van der Waals surface area contributed by atoms with Gasteiger partial charge in [0, 0.05) is 17.9 Å². The van der Waals surface area contributed by atoms with Gasteiger partial charge in [-0.05, 0) is 48.7 Å². The van der Waals surface area contributed by atoms with Gasteiger partial charge in [0.25, 0.3) is 0 Å². The van der Waals surface area contributed by atoms with Crippen LogP contribution in [0.2, 0.25) is 0 Å². The molecule has 0 amide bonds. The van der Waals surface area contributed by atoms with Crippen molar-refractivity contribution in [3.8, 4) is 22.4 Å². The largest absolute Gasteiger partial charge is 0.361 e. The van der Waals surface area contributed by atoms with Crippen molar-refractivity contribution in [2.45, 2.75) is 19.9 Å². The van der Waals surface area contributed by atoms with Gasteiger partial charge in [-0.2, -0.15) is 0 Å². The van der Waals surface area contributed by atoms with Gasteiger partial charge in [0.05, 0.1) is 5.52 Å². The van der Waals surface area contributed by atoms with Crippen LogP contribution >= 0.6 is 0 Å². The lowest BCUT2D eigenvalue weighted by Crippen LogP contribution is -2.02. The molecule has 0 atom stereocenters. The van der Waals surface area contributed by atoms with E-state index in [2.05, 4.69) is 65.5 Å². The molecular formula is C19H18N4. The second-order valence-electron chi connectivity index (χ2n) is 6.00. The highest BCUT2D eigenvalue weighted by atomic mass is 15.4. The maximum Gasteiger partial charge on any atom is 0.113 e.